The van der Waals surface area contributed by atoms with Crippen LogP contribution in [0.25, 0.3) is 0 Å². The van der Waals surface area contributed by atoms with E-state index in [9.17, 15) is 22.4 Å². The van der Waals surface area contributed by atoms with E-state index in [2.05, 4.69) is 5.32 Å². The number of nitrogens with zero attached hydrogens (tertiary/aromatic N) is 3. The lowest BCUT2D eigenvalue weighted by atomic mass is 10.3. The van der Waals surface area contributed by atoms with Crippen molar-refractivity contribution in [2.45, 2.75) is 31.7 Å². The topological polar surface area (TPSA) is 90.0 Å². The van der Waals surface area contributed by atoms with Crippen LogP contribution in [0.5, 0.6) is 0 Å². The predicted molar refractivity (Wildman–Crippen MR) is 107 cm³/mol. The summed E-state index contributed by atoms with van der Waals surface area (Å²) in [6, 6.07) is 4.93. The molecular weight excluding hydrogens is 399 g/mol. The third-order valence-corrected chi connectivity index (χ3v) is 6.54. The standard InChI is InChI=1S/C19H29FN4O4S/c1-4-22(13-18(25)21-15(2)3)14-19(26)23-8-10-24(11-9-23)29(27,28)17-7-5-6-16(20)12-17/h5-7,12,15H,4,8-11,13-14H2,1-3H3,(H,21,25). The van der Waals surface area contributed by atoms with Crippen LogP contribution in [0.2, 0.25) is 0 Å². The number of nitrogens with one attached hydrogen (secondary N) is 1. The molecular formula is C19H29FN4O4S. The van der Waals surface area contributed by atoms with E-state index in [4.69, 9.17) is 0 Å². The zero-order valence-electron chi connectivity index (χ0n) is 17.1. The smallest absolute Gasteiger partial charge is 0.243 e. The second kappa shape index (κ2) is 10.1. The normalized spacial score (nSPS) is 15.7. The maximum atomic E-state index is 13.4. The minimum atomic E-state index is -3.80. The molecule has 1 aliphatic heterocycles. The van der Waals surface area contributed by atoms with Crippen molar-refractivity contribution >= 4 is 21.8 Å². The van der Waals surface area contributed by atoms with Crippen molar-refractivity contribution in [3.63, 3.8) is 0 Å². The monoisotopic (exact) mass is 428 g/mol. The zero-order chi connectivity index (χ0) is 21.6. The van der Waals surface area contributed by atoms with Crippen LogP contribution in [0.15, 0.2) is 29.2 Å². The number of amides is 2. The fourth-order valence-electron chi connectivity index (χ4n) is 3.10. The Morgan fingerprint density at radius 3 is 2.38 bits per heavy atom. The zero-order valence-corrected chi connectivity index (χ0v) is 17.9. The average molecular weight is 429 g/mol. The van der Waals surface area contributed by atoms with Gasteiger partial charge in [0, 0.05) is 32.2 Å². The maximum Gasteiger partial charge on any atom is 0.243 e. The molecule has 2 rings (SSSR count). The Morgan fingerprint density at radius 1 is 1.17 bits per heavy atom. The summed E-state index contributed by atoms with van der Waals surface area (Å²) >= 11 is 0. The minimum absolute atomic E-state index is 0.0324. The van der Waals surface area contributed by atoms with E-state index in [-0.39, 0.29) is 62.0 Å². The number of hydrogen-bond donors (Lipinski definition) is 1. The van der Waals surface area contributed by atoms with E-state index < -0.39 is 15.8 Å². The van der Waals surface area contributed by atoms with E-state index in [0.717, 1.165) is 6.07 Å². The van der Waals surface area contributed by atoms with Crippen LogP contribution < -0.4 is 5.32 Å². The molecule has 1 fully saturated rings. The number of rotatable bonds is 8. The van der Waals surface area contributed by atoms with Gasteiger partial charge in [-0.2, -0.15) is 4.31 Å². The van der Waals surface area contributed by atoms with Gasteiger partial charge in [0.15, 0.2) is 0 Å². The van der Waals surface area contributed by atoms with Crippen molar-refractivity contribution < 1.29 is 22.4 Å². The van der Waals surface area contributed by atoms with Crippen molar-refractivity contribution in [1.82, 2.24) is 19.4 Å². The first-order valence-corrected chi connectivity index (χ1v) is 11.1. The predicted octanol–water partition coefficient (Wildman–Crippen LogP) is 0.505. The molecule has 1 heterocycles. The number of carbonyl (C=O) groups excluding carboxylic acids is 2. The van der Waals surface area contributed by atoms with Gasteiger partial charge in [0.05, 0.1) is 18.0 Å². The van der Waals surface area contributed by atoms with Crippen molar-refractivity contribution in [2.75, 3.05) is 45.8 Å². The van der Waals surface area contributed by atoms with E-state index in [1.165, 1.54) is 22.5 Å². The highest BCUT2D eigenvalue weighted by Gasteiger charge is 2.30. The summed E-state index contributed by atoms with van der Waals surface area (Å²) in [5, 5.41) is 2.80. The molecule has 1 aliphatic rings. The molecule has 0 atom stereocenters. The van der Waals surface area contributed by atoms with Crippen LogP contribution in [-0.2, 0) is 19.6 Å². The Bertz CT molecular complexity index is 823. The molecule has 0 aliphatic carbocycles. The number of likely N-dealkylation sites (N-methyl/N-ethyl adjacent to an activating group) is 1. The number of halogens is 1. The van der Waals surface area contributed by atoms with Gasteiger partial charge in [-0.05, 0) is 38.6 Å². The highest BCUT2D eigenvalue weighted by atomic mass is 32.2. The second-order valence-electron chi connectivity index (χ2n) is 7.27. The van der Waals surface area contributed by atoms with Crippen LogP contribution in [0.3, 0.4) is 0 Å². The SMILES string of the molecule is CCN(CC(=O)NC(C)C)CC(=O)N1CCN(S(=O)(=O)c2cccc(F)c2)CC1. The third kappa shape index (κ3) is 6.48. The Balaban J connectivity index is 1.91. The van der Waals surface area contributed by atoms with Crippen molar-refractivity contribution in [1.29, 1.82) is 0 Å². The molecule has 8 nitrogen and oxygen atoms in total. The van der Waals surface area contributed by atoms with E-state index in [1.807, 2.05) is 20.8 Å². The van der Waals surface area contributed by atoms with Gasteiger partial charge in [0.2, 0.25) is 21.8 Å². The van der Waals surface area contributed by atoms with Gasteiger partial charge in [0.25, 0.3) is 0 Å². The molecule has 0 bridgehead atoms. The van der Waals surface area contributed by atoms with Gasteiger partial charge >= 0.3 is 0 Å². The van der Waals surface area contributed by atoms with Crippen molar-refractivity contribution in [2.24, 2.45) is 0 Å². The summed E-state index contributed by atoms with van der Waals surface area (Å²) in [6.07, 6.45) is 0. The molecule has 10 heteroatoms. The number of piperazine rings is 1. The summed E-state index contributed by atoms with van der Waals surface area (Å²) in [7, 11) is -3.80. The highest BCUT2D eigenvalue weighted by molar-refractivity contribution is 7.89. The Hall–Kier alpha value is -2.04. The van der Waals surface area contributed by atoms with Gasteiger partial charge in [-0.25, -0.2) is 12.8 Å². The lowest BCUT2D eigenvalue weighted by Crippen LogP contribution is -2.53. The van der Waals surface area contributed by atoms with Crippen LogP contribution in [0.4, 0.5) is 4.39 Å². The summed E-state index contributed by atoms with van der Waals surface area (Å²) in [5.41, 5.74) is 0. The molecule has 29 heavy (non-hydrogen) atoms. The minimum Gasteiger partial charge on any atom is -0.353 e. The number of sulfonamides is 1. The molecule has 1 saturated heterocycles. The van der Waals surface area contributed by atoms with Gasteiger partial charge in [-0.15, -0.1) is 0 Å². The van der Waals surface area contributed by atoms with Crippen molar-refractivity contribution in [3.05, 3.63) is 30.1 Å². The quantitative estimate of drug-likeness (QED) is 0.652. The lowest BCUT2D eigenvalue weighted by molar-refractivity contribution is -0.134. The van der Waals surface area contributed by atoms with Gasteiger partial charge < -0.3 is 10.2 Å². The number of benzene rings is 1. The molecule has 0 radical (unpaired) electrons. The Labute approximate surface area is 171 Å². The van der Waals surface area contributed by atoms with E-state index >= 15 is 0 Å². The third-order valence-electron chi connectivity index (χ3n) is 4.65. The number of hydrogen-bond acceptors (Lipinski definition) is 5. The fraction of sp³-hybridized carbons (Fsp3) is 0.579. The Morgan fingerprint density at radius 2 is 1.83 bits per heavy atom. The molecule has 1 aromatic rings. The summed E-state index contributed by atoms with van der Waals surface area (Å²) in [4.78, 5) is 27.7. The summed E-state index contributed by atoms with van der Waals surface area (Å²) < 4.78 is 39.9. The van der Waals surface area contributed by atoms with Gasteiger partial charge in [-0.1, -0.05) is 13.0 Å². The first-order chi connectivity index (χ1) is 13.6. The highest BCUT2D eigenvalue weighted by Crippen LogP contribution is 2.18. The molecule has 0 saturated carbocycles. The fourth-order valence-corrected chi connectivity index (χ4v) is 4.55. The van der Waals surface area contributed by atoms with Crippen LogP contribution >= 0.6 is 0 Å². The Kier molecular flexibility index (Phi) is 8.12. The van der Waals surface area contributed by atoms with E-state index in [0.29, 0.717) is 6.54 Å². The molecule has 1 N–H and O–H groups in total. The largest absolute Gasteiger partial charge is 0.353 e. The summed E-state index contributed by atoms with van der Waals surface area (Å²) in [5.74, 6) is -0.895. The van der Waals surface area contributed by atoms with Crippen LogP contribution in [0.1, 0.15) is 20.8 Å². The molecule has 0 spiro atoms. The number of carbonyl (C=O) groups is 2. The molecule has 1 aromatic carbocycles. The van der Waals surface area contributed by atoms with Crippen LogP contribution in [0, 0.1) is 5.82 Å². The molecule has 0 aromatic heterocycles. The molecule has 162 valence electrons. The van der Waals surface area contributed by atoms with Crippen molar-refractivity contribution in [3.8, 4) is 0 Å². The van der Waals surface area contributed by atoms with E-state index in [1.54, 1.807) is 9.80 Å². The molecule has 0 unspecified atom stereocenters. The van der Waals surface area contributed by atoms with Gasteiger partial charge in [0.1, 0.15) is 5.82 Å². The lowest BCUT2D eigenvalue weighted by Gasteiger charge is -2.35. The summed E-state index contributed by atoms with van der Waals surface area (Å²) in [6.45, 7) is 7.19. The maximum absolute atomic E-state index is 13.4. The molecule has 2 amide bonds. The van der Waals surface area contributed by atoms with Gasteiger partial charge in [-0.3, -0.25) is 14.5 Å². The first-order valence-electron chi connectivity index (χ1n) is 9.68. The average Bonchev–Trinajstić information content (AvgIpc) is 2.66. The first kappa shape index (κ1) is 23.2. The van der Waals surface area contributed by atoms with Crippen LogP contribution in [-0.4, -0.2) is 86.2 Å². The second-order valence-corrected chi connectivity index (χ2v) is 9.21.